The Labute approximate surface area is 144 Å². The molecule has 0 spiro atoms. The lowest BCUT2D eigenvalue weighted by Gasteiger charge is -2.11. The molecule has 5 nitrogen and oxygen atoms in total. The number of methoxy groups -OCH3 is 1. The van der Waals surface area contributed by atoms with Crippen molar-refractivity contribution < 1.29 is 14.3 Å². The molecular formula is C18H15ClN2O3. The smallest absolute Gasteiger partial charge is 0.308 e. The molecule has 1 heterocycles. The Hall–Kier alpha value is -2.79. The van der Waals surface area contributed by atoms with Crippen LogP contribution in [-0.2, 0) is 0 Å². The largest absolute Gasteiger partial charge is 0.497 e. The SMILES string of the molecule is COc1ccc(-n2c(Oc3ccc(C)cc3)nc(Cl)c2C=O)cc1. The van der Waals surface area contributed by atoms with Gasteiger partial charge in [0, 0.05) is 0 Å². The van der Waals surface area contributed by atoms with Gasteiger partial charge in [-0.05, 0) is 43.3 Å². The van der Waals surface area contributed by atoms with E-state index in [0.29, 0.717) is 23.5 Å². The average Bonchev–Trinajstić information content (AvgIpc) is 2.92. The molecule has 6 heteroatoms. The first-order valence-corrected chi connectivity index (χ1v) is 7.62. The number of halogens is 1. The summed E-state index contributed by atoms with van der Waals surface area (Å²) in [5.74, 6) is 1.31. The summed E-state index contributed by atoms with van der Waals surface area (Å²) in [7, 11) is 1.59. The van der Waals surface area contributed by atoms with Gasteiger partial charge in [-0.3, -0.25) is 9.36 Å². The van der Waals surface area contributed by atoms with Crippen molar-refractivity contribution in [3.8, 4) is 23.2 Å². The van der Waals surface area contributed by atoms with E-state index >= 15 is 0 Å². The van der Waals surface area contributed by atoms with Gasteiger partial charge in [0.25, 0.3) is 0 Å². The Bertz CT molecular complexity index is 855. The van der Waals surface area contributed by atoms with Gasteiger partial charge in [-0.2, -0.15) is 4.98 Å². The second-order valence-electron chi connectivity index (χ2n) is 5.14. The Kier molecular flexibility index (Phi) is 4.53. The number of carbonyl (C=O) groups excluding carboxylic acids is 1. The predicted octanol–water partition coefficient (Wildman–Crippen LogP) is 4.45. The number of nitrogens with zero attached hydrogens (tertiary/aromatic N) is 2. The summed E-state index contributed by atoms with van der Waals surface area (Å²) in [6, 6.07) is 14.9. The van der Waals surface area contributed by atoms with Gasteiger partial charge < -0.3 is 9.47 Å². The molecule has 3 rings (SSSR count). The van der Waals surface area contributed by atoms with Crippen LogP contribution in [0.5, 0.6) is 17.5 Å². The molecule has 2 aromatic carbocycles. The van der Waals surface area contributed by atoms with E-state index in [4.69, 9.17) is 21.1 Å². The van der Waals surface area contributed by atoms with E-state index in [0.717, 1.165) is 5.56 Å². The zero-order valence-electron chi connectivity index (χ0n) is 13.2. The highest BCUT2D eigenvalue weighted by molar-refractivity contribution is 6.31. The number of imidazole rings is 1. The van der Waals surface area contributed by atoms with E-state index in [2.05, 4.69) is 4.98 Å². The maximum atomic E-state index is 11.4. The Morgan fingerprint density at radius 3 is 2.25 bits per heavy atom. The molecule has 24 heavy (non-hydrogen) atoms. The van der Waals surface area contributed by atoms with Crippen LogP contribution < -0.4 is 9.47 Å². The third-order valence-corrected chi connectivity index (χ3v) is 3.79. The monoisotopic (exact) mass is 342 g/mol. The lowest BCUT2D eigenvalue weighted by Crippen LogP contribution is -2.02. The van der Waals surface area contributed by atoms with Crippen LogP contribution in [0.15, 0.2) is 48.5 Å². The highest BCUT2D eigenvalue weighted by Gasteiger charge is 2.19. The summed E-state index contributed by atoms with van der Waals surface area (Å²) in [6.07, 6.45) is 0.654. The first-order chi connectivity index (χ1) is 11.6. The van der Waals surface area contributed by atoms with Gasteiger partial charge >= 0.3 is 6.01 Å². The number of benzene rings is 2. The maximum absolute atomic E-state index is 11.4. The Morgan fingerprint density at radius 2 is 1.67 bits per heavy atom. The van der Waals surface area contributed by atoms with Crippen LogP contribution >= 0.6 is 11.6 Å². The standard InChI is InChI=1S/C18H15ClN2O3/c1-12-3-7-15(8-4-12)24-18-20-17(19)16(11-22)21(18)13-5-9-14(23-2)10-6-13/h3-11H,1-2H3. The quantitative estimate of drug-likeness (QED) is 0.643. The molecular weight excluding hydrogens is 328 g/mol. The van der Waals surface area contributed by atoms with Crippen molar-refractivity contribution in [1.82, 2.24) is 9.55 Å². The third kappa shape index (κ3) is 3.12. The zero-order valence-corrected chi connectivity index (χ0v) is 13.9. The van der Waals surface area contributed by atoms with Gasteiger partial charge in [0.1, 0.15) is 17.2 Å². The minimum atomic E-state index is 0.0860. The molecule has 0 saturated heterocycles. The van der Waals surface area contributed by atoms with Crippen LogP contribution in [0.3, 0.4) is 0 Å². The van der Waals surface area contributed by atoms with Crippen molar-refractivity contribution in [1.29, 1.82) is 0 Å². The van der Waals surface area contributed by atoms with Crippen LogP contribution in [-0.4, -0.2) is 22.9 Å². The molecule has 0 bridgehead atoms. The number of carbonyl (C=O) groups is 1. The van der Waals surface area contributed by atoms with Crippen LogP contribution in [0.2, 0.25) is 5.15 Å². The minimum Gasteiger partial charge on any atom is -0.497 e. The van der Waals surface area contributed by atoms with E-state index < -0.39 is 0 Å². The number of hydrogen-bond acceptors (Lipinski definition) is 4. The second-order valence-corrected chi connectivity index (χ2v) is 5.49. The lowest BCUT2D eigenvalue weighted by molar-refractivity contribution is 0.111. The molecule has 1 aromatic heterocycles. The van der Waals surface area contributed by atoms with E-state index in [1.54, 1.807) is 35.9 Å². The van der Waals surface area contributed by atoms with E-state index in [1.165, 1.54) is 0 Å². The van der Waals surface area contributed by atoms with Crippen molar-refractivity contribution in [3.05, 3.63) is 64.9 Å². The summed E-state index contributed by atoms with van der Waals surface area (Å²) in [5.41, 5.74) is 2.04. The van der Waals surface area contributed by atoms with E-state index in [9.17, 15) is 4.79 Å². The molecule has 3 aromatic rings. The molecule has 0 aliphatic heterocycles. The summed E-state index contributed by atoms with van der Waals surface area (Å²) in [4.78, 5) is 15.6. The molecule has 0 atom stereocenters. The Balaban J connectivity index is 2.05. The summed E-state index contributed by atoms with van der Waals surface area (Å²) in [5, 5.41) is 0.0860. The minimum absolute atomic E-state index is 0.0860. The van der Waals surface area contributed by atoms with Gasteiger partial charge in [-0.25, -0.2) is 0 Å². The van der Waals surface area contributed by atoms with Crippen LogP contribution in [0.4, 0.5) is 0 Å². The molecule has 0 saturated carbocycles. The summed E-state index contributed by atoms with van der Waals surface area (Å²) < 4.78 is 12.5. The summed E-state index contributed by atoms with van der Waals surface area (Å²) in [6.45, 7) is 1.99. The molecule has 0 aliphatic carbocycles. The average molecular weight is 343 g/mol. The fraction of sp³-hybridized carbons (Fsp3) is 0.111. The number of ether oxygens (including phenoxy) is 2. The van der Waals surface area contributed by atoms with Crippen molar-refractivity contribution in [2.75, 3.05) is 7.11 Å². The second kappa shape index (κ2) is 6.76. The van der Waals surface area contributed by atoms with Gasteiger partial charge in [-0.1, -0.05) is 29.3 Å². The van der Waals surface area contributed by atoms with Crippen LogP contribution in [0.25, 0.3) is 5.69 Å². The van der Waals surface area contributed by atoms with Crippen LogP contribution in [0.1, 0.15) is 16.1 Å². The fourth-order valence-corrected chi connectivity index (χ4v) is 2.45. The molecule has 0 radical (unpaired) electrons. The molecule has 0 N–H and O–H groups in total. The first kappa shape index (κ1) is 16.1. The molecule has 0 aliphatic rings. The van der Waals surface area contributed by atoms with Gasteiger partial charge in [0.2, 0.25) is 0 Å². The van der Waals surface area contributed by atoms with Crippen molar-refractivity contribution >= 4 is 17.9 Å². The number of rotatable bonds is 5. The topological polar surface area (TPSA) is 53.4 Å². The predicted molar refractivity (Wildman–Crippen MR) is 91.8 cm³/mol. The third-order valence-electron chi connectivity index (χ3n) is 3.51. The highest BCUT2D eigenvalue weighted by Crippen LogP contribution is 2.30. The molecule has 122 valence electrons. The molecule has 0 amide bonds. The van der Waals surface area contributed by atoms with E-state index in [1.807, 2.05) is 31.2 Å². The maximum Gasteiger partial charge on any atom is 0.308 e. The molecule has 0 unspecified atom stereocenters. The first-order valence-electron chi connectivity index (χ1n) is 7.24. The van der Waals surface area contributed by atoms with Crippen molar-refractivity contribution in [2.24, 2.45) is 0 Å². The highest BCUT2D eigenvalue weighted by atomic mass is 35.5. The van der Waals surface area contributed by atoms with Gasteiger partial charge in [0.15, 0.2) is 11.4 Å². The summed E-state index contributed by atoms with van der Waals surface area (Å²) >= 11 is 6.08. The number of aryl methyl sites for hydroxylation is 1. The number of aromatic nitrogens is 2. The fourth-order valence-electron chi connectivity index (χ4n) is 2.25. The number of aldehydes is 1. The van der Waals surface area contributed by atoms with Crippen LogP contribution in [0, 0.1) is 6.92 Å². The van der Waals surface area contributed by atoms with Crippen molar-refractivity contribution in [2.45, 2.75) is 6.92 Å². The van der Waals surface area contributed by atoms with Gasteiger partial charge in [0.05, 0.1) is 12.8 Å². The zero-order chi connectivity index (χ0) is 17.1. The normalized spacial score (nSPS) is 10.5. The lowest BCUT2D eigenvalue weighted by atomic mass is 10.2. The number of hydrogen-bond donors (Lipinski definition) is 0. The van der Waals surface area contributed by atoms with Gasteiger partial charge in [-0.15, -0.1) is 0 Å². The van der Waals surface area contributed by atoms with E-state index in [-0.39, 0.29) is 16.9 Å². The molecule has 0 fully saturated rings. The Morgan fingerprint density at radius 1 is 1.04 bits per heavy atom. The van der Waals surface area contributed by atoms with Crippen molar-refractivity contribution in [3.63, 3.8) is 0 Å².